The van der Waals surface area contributed by atoms with Gasteiger partial charge in [0.2, 0.25) is 0 Å². The van der Waals surface area contributed by atoms with E-state index in [4.69, 9.17) is 11.6 Å². The summed E-state index contributed by atoms with van der Waals surface area (Å²) in [6, 6.07) is 2.00. The van der Waals surface area contributed by atoms with Gasteiger partial charge < -0.3 is 5.32 Å². The molecule has 1 saturated carbocycles. The van der Waals surface area contributed by atoms with Crippen molar-refractivity contribution in [3.63, 3.8) is 0 Å². The van der Waals surface area contributed by atoms with Gasteiger partial charge in [-0.05, 0) is 41.3 Å². The Hall–Kier alpha value is -0.610. The minimum atomic E-state index is -0.140. The molecule has 3 nitrogen and oxygen atoms in total. The van der Waals surface area contributed by atoms with Crippen LogP contribution in [0.2, 0.25) is 5.15 Å². The molecule has 0 aromatic carbocycles. The van der Waals surface area contributed by atoms with E-state index in [9.17, 15) is 4.79 Å². The number of rotatable bonds is 2. The number of pyridine rings is 1. The van der Waals surface area contributed by atoms with Gasteiger partial charge in [0.15, 0.2) is 0 Å². The molecule has 0 bridgehead atoms. The predicted molar refractivity (Wildman–Crippen MR) is 62.1 cm³/mol. The highest BCUT2D eigenvalue weighted by Gasteiger charge is 2.21. The van der Waals surface area contributed by atoms with Crippen molar-refractivity contribution < 1.29 is 4.79 Å². The first kappa shape index (κ1) is 10.9. The third-order valence-corrected chi connectivity index (χ3v) is 3.23. The van der Waals surface area contributed by atoms with Crippen LogP contribution in [0.4, 0.5) is 0 Å². The Labute approximate surface area is 101 Å². The fourth-order valence-electron chi connectivity index (χ4n) is 1.40. The van der Waals surface area contributed by atoms with Crippen LogP contribution in [-0.2, 0) is 0 Å². The van der Waals surface area contributed by atoms with E-state index in [0.29, 0.717) is 11.6 Å². The third-order valence-electron chi connectivity index (χ3n) is 2.49. The highest BCUT2D eigenvalue weighted by atomic mass is 79.9. The van der Waals surface area contributed by atoms with Crippen molar-refractivity contribution in [2.75, 3.05) is 0 Å². The second kappa shape index (κ2) is 4.49. The number of hydrogen-bond donors (Lipinski definition) is 1. The minimum absolute atomic E-state index is 0.140. The second-order valence-corrected chi connectivity index (χ2v) is 4.87. The topological polar surface area (TPSA) is 42.0 Å². The summed E-state index contributed by atoms with van der Waals surface area (Å²) in [6.45, 7) is 0. The lowest BCUT2D eigenvalue weighted by atomic mass is 9.93. The average Bonchev–Trinajstić information content (AvgIpc) is 2.15. The summed E-state index contributed by atoms with van der Waals surface area (Å²) in [5.74, 6) is -0.140. The molecule has 0 spiro atoms. The summed E-state index contributed by atoms with van der Waals surface area (Å²) in [5, 5.41) is 3.16. The Balaban J connectivity index is 2.12. The van der Waals surface area contributed by atoms with Crippen LogP contribution < -0.4 is 5.32 Å². The van der Waals surface area contributed by atoms with Crippen molar-refractivity contribution in [1.29, 1.82) is 0 Å². The molecule has 1 N–H and O–H groups in total. The molecule has 1 aliphatic rings. The molecule has 1 aromatic rings. The van der Waals surface area contributed by atoms with E-state index < -0.39 is 0 Å². The van der Waals surface area contributed by atoms with Crippen LogP contribution in [0.1, 0.15) is 29.6 Å². The van der Waals surface area contributed by atoms with E-state index in [1.807, 2.05) is 0 Å². The smallest absolute Gasteiger partial charge is 0.254 e. The van der Waals surface area contributed by atoms with Crippen molar-refractivity contribution in [1.82, 2.24) is 10.3 Å². The third kappa shape index (κ3) is 2.49. The van der Waals surface area contributed by atoms with Crippen LogP contribution in [0, 0.1) is 0 Å². The molecular weight excluding hydrogens is 279 g/mol. The molecule has 0 atom stereocenters. The number of carbonyl (C=O) groups is 1. The van der Waals surface area contributed by atoms with E-state index in [1.165, 1.54) is 6.42 Å². The molecule has 1 fully saturated rings. The molecule has 5 heteroatoms. The van der Waals surface area contributed by atoms with E-state index in [0.717, 1.165) is 17.3 Å². The standard InChI is InChI=1S/C10H10BrClN2O/c11-6-4-8(9(12)13-5-6)10(15)14-7-2-1-3-7/h4-5,7H,1-3H2,(H,14,15). The van der Waals surface area contributed by atoms with E-state index in [1.54, 1.807) is 12.3 Å². The first-order valence-electron chi connectivity index (χ1n) is 4.79. The molecule has 1 aromatic heterocycles. The zero-order chi connectivity index (χ0) is 10.8. The van der Waals surface area contributed by atoms with Crippen LogP contribution in [0.15, 0.2) is 16.7 Å². The fraction of sp³-hybridized carbons (Fsp3) is 0.400. The molecule has 80 valence electrons. The fourth-order valence-corrected chi connectivity index (χ4v) is 1.92. The lowest BCUT2D eigenvalue weighted by Crippen LogP contribution is -2.39. The highest BCUT2D eigenvalue weighted by molar-refractivity contribution is 9.10. The Bertz CT molecular complexity index is 393. The Morgan fingerprint density at radius 1 is 1.60 bits per heavy atom. The lowest BCUT2D eigenvalue weighted by Gasteiger charge is -2.26. The molecule has 15 heavy (non-hydrogen) atoms. The van der Waals surface area contributed by atoms with Crippen molar-refractivity contribution >= 4 is 33.4 Å². The zero-order valence-corrected chi connectivity index (χ0v) is 10.3. The number of nitrogens with zero attached hydrogens (tertiary/aromatic N) is 1. The minimum Gasteiger partial charge on any atom is -0.349 e. The summed E-state index contributed by atoms with van der Waals surface area (Å²) in [7, 11) is 0. The molecular formula is C10H10BrClN2O. The molecule has 0 radical (unpaired) electrons. The number of hydrogen-bond acceptors (Lipinski definition) is 2. The van der Waals surface area contributed by atoms with Crippen LogP contribution in [-0.4, -0.2) is 16.9 Å². The average molecular weight is 290 g/mol. The summed E-state index contributed by atoms with van der Waals surface area (Å²) in [5.41, 5.74) is 0.429. The maximum absolute atomic E-state index is 11.8. The van der Waals surface area contributed by atoms with Gasteiger partial charge in [0.05, 0.1) is 5.56 Å². The predicted octanol–water partition coefficient (Wildman–Crippen LogP) is 2.78. The second-order valence-electron chi connectivity index (χ2n) is 3.59. The molecule has 1 aliphatic carbocycles. The molecule has 0 unspecified atom stereocenters. The van der Waals surface area contributed by atoms with Crippen molar-refractivity contribution in [3.05, 3.63) is 27.5 Å². The first-order chi connectivity index (χ1) is 7.16. The van der Waals surface area contributed by atoms with Gasteiger partial charge in [0, 0.05) is 16.7 Å². The van der Waals surface area contributed by atoms with Gasteiger partial charge in [-0.15, -0.1) is 0 Å². The van der Waals surface area contributed by atoms with E-state index in [-0.39, 0.29) is 11.1 Å². The van der Waals surface area contributed by atoms with Gasteiger partial charge in [-0.25, -0.2) is 4.98 Å². The summed E-state index contributed by atoms with van der Waals surface area (Å²) >= 11 is 9.10. The summed E-state index contributed by atoms with van der Waals surface area (Å²) in [4.78, 5) is 15.7. The maximum Gasteiger partial charge on any atom is 0.254 e. The summed E-state index contributed by atoms with van der Waals surface area (Å²) in [6.07, 6.45) is 4.88. The Kier molecular flexibility index (Phi) is 3.26. The number of carbonyl (C=O) groups excluding carboxylic acids is 1. The monoisotopic (exact) mass is 288 g/mol. The van der Waals surface area contributed by atoms with Gasteiger partial charge in [-0.2, -0.15) is 0 Å². The largest absolute Gasteiger partial charge is 0.349 e. The molecule has 0 aliphatic heterocycles. The number of halogens is 2. The normalized spacial score (nSPS) is 15.9. The van der Waals surface area contributed by atoms with Gasteiger partial charge >= 0.3 is 0 Å². The van der Waals surface area contributed by atoms with Crippen molar-refractivity contribution in [2.24, 2.45) is 0 Å². The van der Waals surface area contributed by atoms with E-state index in [2.05, 4.69) is 26.2 Å². The highest BCUT2D eigenvalue weighted by Crippen LogP contribution is 2.21. The number of aromatic nitrogens is 1. The van der Waals surface area contributed by atoms with Crippen molar-refractivity contribution in [2.45, 2.75) is 25.3 Å². The number of nitrogens with one attached hydrogen (secondary N) is 1. The van der Waals surface area contributed by atoms with E-state index >= 15 is 0 Å². The first-order valence-corrected chi connectivity index (χ1v) is 5.96. The molecule has 0 saturated heterocycles. The van der Waals surface area contributed by atoms with Crippen LogP contribution in [0.25, 0.3) is 0 Å². The van der Waals surface area contributed by atoms with Gasteiger partial charge in [-0.3, -0.25) is 4.79 Å². The number of amides is 1. The Morgan fingerprint density at radius 3 is 2.93 bits per heavy atom. The molecule has 2 rings (SSSR count). The quantitative estimate of drug-likeness (QED) is 0.851. The Morgan fingerprint density at radius 2 is 2.33 bits per heavy atom. The van der Waals surface area contributed by atoms with Crippen LogP contribution in [0.3, 0.4) is 0 Å². The van der Waals surface area contributed by atoms with Gasteiger partial charge in [0.25, 0.3) is 5.91 Å². The van der Waals surface area contributed by atoms with Gasteiger partial charge in [0.1, 0.15) is 5.15 Å². The van der Waals surface area contributed by atoms with Crippen LogP contribution in [0.5, 0.6) is 0 Å². The molecule has 1 heterocycles. The lowest BCUT2D eigenvalue weighted by molar-refractivity contribution is 0.0916. The van der Waals surface area contributed by atoms with Gasteiger partial charge in [-0.1, -0.05) is 11.6 Å². The summed E-state index contributed by atoms with van der Waals surface area (Å²) < 4.78 is 0.755. The maximum atomic E-state index is 11.8. The van der Waals surface area contributed by atoms with Crippen LogP contribution >= 0.6 is 27.5 Å². The molecule has 1 amide bonds. The van der Waals surface area contributed by atoms with Crippen molar-refractivity contribution in [3.8, 4) is 0 Å². The zero-order valence-electron chi connectivity index (χ0n) is 7.96. The SMILES string of the molecule is O=C(NC1CCC1)c1cc(Br)cnc1Cl.